The predicted octanol–water partition coefficient (Wildman–Crippen LogP) is 2.71. The van der Waals surface area contributed by atoms with Crippen molar-refractivity contribution in [3.8, 4) is 5.75 Å². The lowest BCUT2D eigenvalue weighted by Crippen LogP contribution is -2.44. The molecule has 0 aliphatic carbocycles. The van der Waals surface area contributed by atoms with E-state index in [0.717, 1.165) is 45.6 Å². The molecule has 2 unspecified atom stereocenters. The van der Waals surface area contributed by atoms with Gasteiger partial charge in [0.1, 0.15) is 41.5 Å². The number of nitrogens with zero attached hydrogens (tertiary/aromatic N) is 4. The normalized spacial score (nSPS) is 19.8. The average molecular weight is 534 g/mol. The molecule has 0 saturated carbocycles. The van der Waals surface area contributed by atoms with Crippen molar-refractivity contribution in [1.82, 2.24) is 15.1 Å². The van der Waals surface area contributed by atoms with Gasteiger partial charge in [0.2, 0.25) is 5.91 Å². The third kappa shape index (κ3) is 9.32. The Bertz CT molecular complexity index is 1020. The zero-order valence-corrected chi connectivity index (χ0v) is 22.9. The van der Waals surface area contributed by atoms with E-state index in [0.29, 0.717) is 41.0 Å². The molecule has 3 rings (SSSR count). The van der Waals surface area contributed by atoms with Gasteiger partial charge >= 0.3 is 5.63 Å². The molecule has 3 heterocycles. The lowest BCUT2D eigenvalue weighted by atomic mass is 10.1. The van der Waals surface area contributed by atoms with Crippen LogP contribution in [0.3, 0.4) is 0 Å². The molecule has 0 radical (unpaired) electrons. The number of rotatable bonds is 14. The number of thioether (sulfide) groups is 1. The van der Waals surface area contributed by atoms with E-state index in [4.69, 9.17) is 14.0 Å². The number of amides is 1. The van der Waals surface area contributed by atoms with Crippen LogP contribution in [0.15, 0.2) is 44.1 Å². The van der Waals surface area contributed by atoms with E-state index in [1.54, 1.807) is 12.1 Å². The average Bonchev–Trinajstić information content (AvgIpc) is 3.38. The first-order valence-electron chi connectivity index (χ1n) is 12.9. The highest BCUT2D eigenvalue weighted by Crippen LogP contribution is 2.24. The van der Waals surface area contributed by atoms with Crippen molar-refractivity contribution in [3.05, 3.63) is 41.0 Å². The van der Waals surface area contributed by atoms with Crippen LogP contribution in [0.2, 0.25) is 0 Å². The highest BCUT2D eigenvalue weighted by Gasteiger charge is 2.29. The molecule has 1 fully saturated rings. The van der Waals surface area contributed by atoms with E-state index in [1.165, 1.54) is 17.8 Å². The third-order valence-electron chi connectivity index (χ3n) is 6.14. The van der Waals surface area contributed by atoms with Gasteiger partial charge in [0.25, 0.3) is 0 Å². The summed E-state index contributed by atoms with van der Waals surface area (Å²) in [5.74, 6) is 1.04. The second-order valence-corrected chi connectivity index (χ2v) is 10.2. The van der Waals surface area contributed by atoms with Gasteiger partial charge < -0.3 is 29.1 Å². The summed E-state index contributed by atoms with van der Waals surface area (Å²) in [5, 5.41) is 7.91. The molecule has 1 amide bonds. The van der Waals surface area contributed by atoms with E-state index in [-0.39, 0.29) is 12.5 Å². The molecule has 1 aromatic rings. The van der Waals surface area contributed by atoms with E-state index in [9.17, 15) is 9.59 Å². The number of carbonyl (C=O) groups excluding carboxylic acids is 1. The maximum Gasteiger partial charge on any atom is 0.339 e. The number of carbonyl (C=O) groups is 1. The lowest BCUT2D eigenvalue weighted by molar-refractivity contribution is -0.122. The molecule has 0 spiro atoms. The van der Waals surface area contributed by atoms with E-state index in [2.05, 4.69) is 38.9 Å². The number of piperazine rings is 1. The molecular formula is C26H39N5O5S. The molecule has 0 aromatic carbocycles. The Morgan fingerprint density at radius 2 is 2.16 bits per heavy atom. The van der Waals surface area contributed by atoms with Crippen LogP contribution in [0.5, 0.6) is 5.75 Å². The first-order valence-corrected chi connectivity index (χ1v) is 13.9. The molecule has 1 N–H and O–H groups in total. The Kier molecular flexibility index (Phi) is 11.7. The van der Waals surface area contributed by atoms with Gasteiger partial charge in [-0.1, -0.05) is 31.2 Å². The van der Waals surface area contributed by atoms with Crippen molar-refractivity contribution < 1.29 is 18.8 Å². The van der Waals surface area contributed by atoms with Crippen LogP contribution in [0.25, 0.3) is 0 Å². The van der Waals surface area contributed by atoms with Gasteiger partial charge in [0.05, 0.1) is 12.1 Å². The van der Waals surface area contributed by atoms with Crippen molar-refractivity contribution in [2.24, 2.45) is 10.1 Å². The van der Waals surface area contributed by atoms with Gasteiger partial charge in [-0.05, 0) is 26.8 Å². The minimum Gasteiger partial charge on any atom is -0.489 e. The van der Waals surface area contributed by atoms with Crippen molar-refractivity contribution >= 4 is 28.4 Å². The summed E-state index contributed by atoms with van der Waals surface area (Å²) in [6.45, 7) is 13.7. The number of oxime groups is 1. The standard InChI is InChI=1S/C26H39N5O5S/c1-5-8-21(23-16-20(34-14-6-2)17-24(32)36-23)27-25(33)22-18-37-26(28-22)19(3)29-35-15-7-9-31-12-10-30(4)11-13-31/h6,16-17,21-22H,2,5,7-15,18H2,1,3-4H3,(H,27,33)/b29-19+. The zero-order valence-electron chi connectivity index (χ0n) is 22.1. The summed E-state index contributed by atoms with van der Waals surface area (Å²) >= 11 is 1.49. The van der Waals surface area contributed by atoms with Crippen molar-refractivity contribution in [2.75, 3.05) is 58.7 Å². The minimum atomic E-state index is -0.548. The van der Waals surface area contributed by atoms with Gasteiger partial charge in [-0.15, -0.1) is 11.8 Å². The molecule has 37 heavy (non-hydrogen) atoms. The van der Waals surface area contributed by atoms with Crippen LogP contribution in [0.4, 0.5) is 0 Å². The fourth-order valence-electron chi connectivity index (χ4n) is 4.04. The zero-order chi connectivity index (χ0) is 26.6. The highest BCUT2D eigenvalue weighted by atomic mass is 32.2. The molecule has 0 bridgehead atoms. The number of nitrogens with one attached hydrogen (secondary N) is 1. The summed E-state index contributed by atoms with van der Waals surface area (Å²) in [6, 6.07) is 1.91. The van der Waals surface area contributed by atoms with Crippen LogP contribution in [0.1, 0.15) is 44.9 Å². The van der Waals surface area contributed by atoms with Crippen molar-refractivity contribution in [1.29, 1.82) is 0 Å². The fraction of sp³-hybridized carbons (Fsp3) is 0.615. The third-order valence-corrected chi connectivity index (χ3v) is 7.30. The van der Waals surface area contributed by atoms with Crippen LogP contribution in [-0.2, 0) is 9.63 Å². The first kappa shape index (κ1) is 28.9. The highest BCUT2D eigenvalue weighted by molar-refractivity contribution is 8.16. The Morgan fingerprint density at radius 1 is 1.38 bits per heavy atom. The molecule has 2 atom stereocenters. The van der Waals surface area contributed by atoms with Crippen LogP contribution >= 0.6 is 11.8 Å². The summed E-state index contributed by atoms with van der Waals surface area (Å²) in [7, 11) is 2.15. The van der Waals surface area contributed by atoms with E-state index in [1.807, 2.05) is 13.8 Å². The summed E-state index contributed by atoms with van der Waals surface area (Å²) in [4.78, 5) is 39.9. The van der Waals surface area contributed by atoms with Gasteiger partial charge in [-0.3, -0.25) is 9.79 Å². The molecule has 10 nitrogen and oxygen atoms in total. The number of hydrogen-bond donors (Lipinski definition) is 1. The quantitative estimate of drug-likeness (QED) is 0.168. The molecule has 11 heteroatoms. The smallest absolute Gasteiger partial charge is 0.339 e. The van der Waals surface area contributed by atoms with Crippen LogP contribution in [-0.4, -0.2) is 91.2 Å². The second kappa shape index (κ2) is 14.9. The molecule has 2 aliphatic rings. The van der Waals surface area contributed by atoms with Crippen LogP contribution in [0, 0.1) is 0 Å². The Labute approximate surface area is 223 Å². The lowest BCUT2D eigenvalue weighted by Gasteiger charge is -2.32. The largest absolute Gasteiger partial charge is 0.489 e. The molecule has 1 saturated heterocycles. The van der Waals surface area contributed by atoms with Gasteiger partial charge in [0.15, 0.2) is 0 Å². The number of ether oxygens (including phenoxy) is 1. The van der Waals surface area contributed by atoms with Gasteiger partial charge in [0, 0.05) is 44.5 Å². The first-order chi connectivity index (χ1) is 17.9. The summed E-state index contributed by atoms with van der Waals surface area (Å²) in [6.07, 6.45) is 3.91. The maximum absolute atomic E-state index is 13.0. The van der Waals surface area contributed by atoms with Crippen molar-refractivity contribution in [2.45, 2.75) is 45.2 Å². The molecule has 2 aliphatic heterocycles. The minimum absolute atomic E-state index is 0.220. The number of aliphatic imine (C=N–C) groups is 1. The Balaban J connectivity index is 1.51. The van der Waals surface area contributed by atoms with E-state index < -0.39 is 17.7 Å². The SMILES string of the molecule is C=CCOc1cc(C(CCC)NC(=O)C2CSC(/C(C)=N/OCCCN3CCN(C)CC3)=N2)oc(=O)c1. The Morgan fingerprint density at radius 3 is 2.89 bits per heavy atom. The topological polar surface area (TPSA) is 109 Å². The molecule has 1 aromatic heterocycles. The van der Waals surface area contributed by atoms with E-state index >= 15 is 0 Å². The summed E-state index contributed by atoms with van der Waals surface area (Å²) < 4.78 is 10.9. The Hall–Kier alpha value is -2.63. The molecule has 204 valence electrons. The number of likely N-dealkylation sites (N-methyl/N-ethyl adjacent to an activating group) is 1. The molecular weight excluding hydrogens is 494 g/mol. The maximum atomic E-state index is 13.0. The number of hydrogen-bond acceptors (Lipinski definition) is 10. The fourth-order valence-corrected chi connectivity index (χ4v) is 5.03. The van der Waals surface area contributed by atoms with Crippen LogP contribution < -0.4 is 15.7 Å². The summed E-state index contributed by atoms with van der Waals surface area (Å²) in [5.41, 5.74) is 0.141. The van der Waals surface area contributed by atoms with Crippen molar-refractivity contribution in [3.63, 3.8) is 0 Å². The van der Waals surface area contributed by atoms with Gasteiger partial charge in [-0.2, -0.15) is 0 Å². The monoisotopic (exact) mass is 533 g/mol. The second-order valence-electron chi connectivity index (χ2n) is 9.23. The van der Waals surface area contributed by atoms with Gasteiger partial charge in [-0.25, -0.2) is 4.79 Å². The predicted molar refractivity (Wildman–Crippen MR) is 148 cm³/mol.